The van der Waals surface area contributed by atoms with Gasteiger partial charge in [-0.25, -0.2) is 0 Å². The zero-order valence-corrected chi connectivity index (χ0v) is 15.8. The Hall–Kier alpha value is -2.30. The number of aromatic amines is 1. The van der Waals surface area contributed by atoms with E-state index in [-0.39, 0.29) is 5.91 Å². The lowest BCUT2D eigenvalue weighted by Gasteiger charge is -2.35. The Labute approximate surface area is 160 Å². The summed E-state index contributed by atoms with van der Waals surface area (Å²) in [5.41, 5.74) is 4.54. The molecule has 5 rings (SSSR count). The van der Waals surface area contributed by atoms with Crippen molar-refractivity contribution in [1.29, 1.82) is 0 Å². The summed E-state index contributed by atoms with van der Waals surface area (Å²) in [4.78, 5) is 15.7. The fourth-order valence-corrected chi connectivity index (χ4v) is 4.88. The number of nitrogens with one attached hydrogen (secondary N) is 2. The molecule has 2 aromatic rings. The molecule has 0 saturated heterocycles. The monoisotopic (exact) mass is 364 g/mol. The lowest BCUT2D eigenvalue weighted by atomic mass is 9.94. The second-order valence-corrected chi connectivity index (χ2v) is 8.41. The van der Waals surface area contributed by atoms with Gasteiger partial charge in [0.2, 0.25) is 5.91 Å². The molecule has 142 valence electrons. The van der Waals surface area contributed by atoms with Crippen LogP contribution in [-0.2, 0) is 17.6 Å². The van der Waals surface area contributed by atoms with Gasteiger partial charge in [-0.3, -0.25) is 9.89 Å². The topological polar surface area (TPSA) is 61.0 Å². The van der Waals surface area contributed by atoms with Gasteiger partial charge in [-0.05, 0) is 49.8 Å². The number of H-pyrrole nitrogens is 1. The molecule has 1 aromatic heterocycles. The molecule has 2 saturated carbocycles. The van der Waals surface area contributed by atoms with E-state index in [0.29, 0.717) is 5.92 Å². The number of hydrogen-bond donors (Lipinski definition) is 2. The largest absolute Gasteiger partial charge is 0.371 e. The van der Waals surface area contributed by atoms with Gasteiger partial charge in [-0.1, -0.05) is 31.0 Å². The Morgan fingerprint density at radius 3 is 2.59 bits per heavy atom. The number of fused-ring (bicyclic) bond motifs is 1. The van der Waals surface area contributed by atoms with Crippen molar-refractivity contribution < 1.29 is 4.79 Å². The molecule has 3 aliphatic rings. The van der Waals surface area contributed by atoms with Crippen molar-refractivity contribution in [2.24, 2.45) is 0 Å². The number of carbonyl (C=O) groups excluding carboxylic acids is 1. The van der Waals surface area contributed by atoms with Crippen LogP contribution >= 0.6 is 0 Å². The standard InChI is InChI=1S/C22H28N4O/c27-21(22(12-4-5-13-22)23-17-6-2-1-3-7-17)26-14-10-18-19(11-15-26)24-25-20(18)16-8-9-16/h1-3,6-7,16,23H,4-5,8-15H2,(H,24,25). The van der Waals surface area contributed by atoms with E-state index in [2.05, 4.69) is 32.5 Å². The second-order valence-electron chi connectivity index (χ2n) is 8.41. The number of benzene rings is 1. The van der Waals surface area contributed by atoms with Crippen molar-refractivity contribution in [3.63, 3.8) is 0 Å². The van der Waals surface area contributed by atoms with Crippen molar-refractivity contribution in [3.05, 3.63) is 47.3 Å². The SMILES string of the molecule is O=C(N1CCc2[nH]nc(C3CC3)c2CC1)C1(Nc2ccccc2)CCCC1. The van der Waals surface area contributed by atoms with Gasteiger partial charge in [-0.15, -0.1) is 0 Å². The van der Waals surface area contributed by atoms with Gasteiger partial charge in [0, 0.05) is 36.8 Å². The molecule has 5 heteroatoms. The summed E-state index contributed by atoms with van der Waals surface area (Å²) in [5, 5.41) is 11.5. The summed E-state index contributed by atoms with van der Waals surface area (Å²) >= 11 is 0. The predicted molar refractivity (Wildman–Crippen MR) is 106 cm³/mol. The van der Waals surface area contributed by atoms with Gasteiger partial charge in [-0.2, -0.15) is 5.10 Å². The van der Waals surface area contributed by atoms with Crippen LogP contribution in [0.3, 0.4) is 0 Å². The summed E-state index contributed by atoms with van der Waals surface area (Å²) in [6, 6.07) is 10.2. The van der Waals surface area contributed by atoms with Crippen LogP contribution in [0.5, 0.6) is 0 Å². The quantitative estimate of drug-likeness (QED) is 0.871. The molecule has 27 heavy (non-hydrogen) atoms. The van der Waals surface area contributed by atoms with Crippen LogP contribution in [0.25, 0.3) is 0 Å². The van der Waals surface area contributed by atoms with Crippen LogP contribution < -0.4 is 5.32 Å². The number of para-hydroxylation sites is 1. The zero-order valence-electron chi connectivity index (χ0n) is 15.8. The van der Waals surface area contributed by atoms with Crippen LogP contribution in [-0.4, -0.2) is 39.6 Å². The van der Waals surface area contributed by atoms with E-state index < -0.39 is 5.54 Å². The first-order valence-corrected chi connectivity index (χ1v) is 10.4. The third kappa shape index (κ3) is 3.13. The molecule has 1 aromatic carbocycles. The van der Waals surface area contributed by atoms with Crippen LogP contribution in [0, 0.1) is 0 Å². The number of nitrogens with zero attached hydrogens (tertiary/aromatic N) is 2. The summed E-state index contributed by atoms with van der Waals surface area (Å²) in [6.07, 6.45) is 8.46. The zero-order chi connectivity index (χ0) is 18.3. The van der Waals surface area contributed by atoms with E-state index in [4.69, 9.17) is 0 Å². The first-order chi connectivity index (χ1) is 13.3. The fraction of sp³-hybridized carbons (Fsp3) is 0.545. The Bertz CT molecular complexity index is 818. The van der Waals surface area contributed by atoms with Gasteiger partial charge in [0.15, 0.2) is 0 Å². The van der Waals surface area contributed by atoms with E-state index >= 15 is 0 Å². The molecular weight excluding hydrogens is 336 g/mol. The Kier molecular flexibility index (Phi) is 4.18. The lowest BCUT2D eigenvalue weighted by molar-refractivity contribution is -0.135. The number of anilines is 1. The number of hydrogen-bond acceptors (Lipinski definition) is 3. The van der Waals surface area contributed by atoms with Crippen molar-refractivity contribution in [2.75, 3.05) is 18.4 Å². The van der Waals surface area contributed by atoms with Crippen LogP contribution in [0.15, 0.2) is 30.3 Å². The summed E-state index contributed by atoms with van der Waals surface area (Å²) in [6.45, 7) is 1.60. The highest BCUT2D eigenvalue weighted by molar-refractivity contribution is 5.90. The molecule has 0 bridgehead atoms. The summed E-state index contributed by atoms with van der Waals surface area (Å²) < 4.78 is 0. The van der Waals surface area contributed by atoms with Crippen LogP contribution in [0.1, 0.15) is 61.4 Å². The van der Waals surface area contributed by atoms with E-state index in [0.717, 1.165) is 57.3 Å². The highest BCUT2D eigenvalue weighted by Crippen LogP contribution is 2.42. The van der Waals surface area contributed by atoms with E-state index in [1.54, 1.807) is 0 Å². The fourth-order valence-electron chi connectivity index (χ4n) is 4.88. The first kappa shape index (κ1) is 16.8. The van der Waals surface area contributed by atoms with E-state index in [9.17, 15) is 4.79 Å². The third-order valence-corrected chi connectivity index (χ3v) is 6.52. The minimum absolute atomic E-state index is 0.287. The first-order valence-electron chi connectivity index (χ1n) is 10.4. The molecule has 0 atom stereocenters. The number of amides is 1. The average Bonchev–Trinajstić information content (AvgIpc) is 3.36. The molecule has 0 radical (unpaired) electrons. The minimum atomic E-state index is -0.434. The van der Waals surface area contributed by atoms with Crippen molar-refractivity contribution in [2.45, 2.75) is 62.8 Å². The highest BCUT2D eigenvalue weighted by atomic mass is 16.2. The minimum Gasteiger partial charge on any atom is -0.371 e. The number of carbonyl (C=O) groups is 1. The molecule has 2 aliphatic carbocycles. The van der Waals surface area contributed by atoms with Gasteiger partial charge >= 0.3 is 0 Å². The van der Waals surface area contributed by atoms with Crippen molar-refractivity contribution >= 4 is 11.6 Å². The molecule has 1 amide bonds. The molecule has 5 nitrogen and oxygen atoms in total. The maximum Gasteiger partial charge on any atom is 0.248 e. The van der Waals surface area contributed by atoms with E-state index in [1.807, 2.05) is 18.2 Å². The van der Waals surface area contributed by atoms with Gasteiger partial charge in [0.05, 0.1) is 5.69 Å². The Morgan fingerprint density at radius 2 is 1.85 bits per heavy atom. The summed E-state index contributed by atoms with van der Waals surface area (Å²) in [7, 11) is 0. The molecule has 2 N–H and O–H groups in total. The van der Waals surface area contributed by atoms with Gasteiger partial charge in [0.1, 0.15) is 5.54 Å². The summed E-state index contributed by atoms with van der Waals surface area (Å²) in [5.74, 6) is 0.947. The Morgan fingerprint density at radius 1 is 1.11 bits per heavy atom. The maximum absolute atomic E-state index is 13.6. The van der Waals surface area contributed by atoms with Crippen molar-refractivity contribution in [3.8, 4) is 0 Å². The molecule has 2 heterocycles. The molecule has 0 spiro atoms. The number of rotatable bonds is 4. The van der Waals surface area contributed by atoms with E-state index in [1.165, 1.54) is 29.8 Å². The Balaban J connectivity index is 1.34. The number of aromatic nitrogens is 2. The van der Waals surface area contributed by atoms with Crippen LogP contribution in [0.2, 0.25) is 0 Å². The average molecular weight is 364 g/mol. The molecule has 0 unspecified atom stereocenters. The highest BCUT2D eigenvalue weighted by Gasteiger charge is 2.44. The van der Waals surface area contributed by atoms with Gasteiger partial charge in [0.25, 0.3) is 0 Å². The maximum atomic E-state index is 13.6. The smallest absolute Gasteiger partial charge is 0.248 e. The second kappa shape index (κ2) is 6.70. The molecule has 1 aliphatic heterocycles. The van der Waals surface area contributed by atoms with Crippen LogP contribution in [0.4, 0.5) is 5.69 Å². The molecule has 2 fully saturated rings. The molecular formula is C22H28N4O. The third-order valence-electron chi connectivity index (χ3n) is 6.52. The predicted octanol–water partition coefficient (Wildman–Crippen LogP) is 3.64. The van der Waals surface area contributed by atoms with Crippen molar-refractivity contribution in [1.82, 2.24) is 15.1 Å². The lowest BCUT2D eigenvalue weighted by Crippen LogP contribution is -2.53. The van der Waals surface area contributed by atoms with Gasteiger partial charge < -0.3 is 10.2 Å². The normalized spacial score (nSPS) is 21.6.